The molecule has 0 saturated carbocycles. The van der Waals surface area contributed by atoms with Gasteiger partial charge in [-0.1, -0.05) is 42.0 Å². The van der Waals surface area contributed by atoms with Crippen molar-refractivity contribution in [3.05, 3.63) is 59.3 Å². The molecule has 1 saturated heterocycles. The molecule has 128 valence electrons. The Morgan fingerprint density at radius 3 is 2.88 bits per heavy atom. The van der Waals surface area contributed by atoms with Crippen LogP contribution in [0.25, 0.3) is 10.9 Å². The average molecular weight is 356 g/mol. The topological polar surface area (TPSA) is 65.2 Å². The number of H-pyrrole nitrogens is 1. The van der Waals surface area contributed by atoms with E-state index >= 15 is 0 Å². The van der Waals surface area contributed by atoms with Gasteiger partial charge in [0.2, 0.25) is 0 Å². The van der Waals surface area contributed by atoms with E-state index in [0.29, 0.717) is 18.0 Å². The van der Waals surface area contributed by atoms with Gasteiger partial charge in [-0.2, -0.15) is 0 Å². The summed E-state index contributed by atoms with van der Waals surface area (Å²) >= 11 is 5.92. The summed E-state index contributed by atoms with van der Waals surface area (Å²) in [5.74, 6) is -0.0478. The zero-order valence-corrected chi connectivity index (χ0v) is 14.3. The summed E-state index contributed by atoms with van der Waals surface area (Å²) < 4.78 is 0. The molecule has 2 heterocycles. The maximum atomic E-state index is 12.7. The maximum absolute atomic E-state index is 12.7. The van der Waals surface area contributed by atoms with Crippen LogP contribution in [0.1, 0.15) is 12.0 Å². The molecule has 2 N–H and O–H groups in total. The highest BCUT2D eigenvalue weighted by Gasteiger charge is 2.38. The third-order valence-corrected chi connectivity index (χ3v) is 5.05. The number of urea groups is 1. The molecule has 1 fully saturated rings. The highest BCUT2D eigenvalue weighted by molar-refractivity contribution is 6.31. The first kappa shape index (κ1) is 16.0. The summed E-state index contributed by atoms with van der Waals surface area (Å²) in [7, 11) is 0. The van der Waals surface area contributed by atoms with Crippen molar-refractivity contribution in [1.29, 1.82) is 0 Å². The predicted octanol–water partition coefficient (Wildman–Crippen LogP) is 3.33. The normalized spacial score (nSPS) is 23.2. The Kier molecular flexibility index (Phi) is 4.09. The van der Waals surface area contributed by atoms with Crippen molar-refractivity contribution in [2.75, 3.05) is 6.54 Å². The summed E-state index contributed by atoms with van der Waals surface area (Å²) in [5.41, 5.74) is 2.06. The summed E-state index contributed by atoms with van der Waals surface area (Å²) in [6.07, 6.45) is 8.81. The molecule has 3 amide bonds. The van der Waals surface area contributed by atoms with E-state index < -0.39 is 6.04 Å². The van der Waals surface area contributed by atoms with Gasteiger partial charge in [-0.15, -0.1) is 0 Å². The molecule has 0 radical (unpaired) electrons. The minimum atomic E-state index is -0.515. The number of allylic oxidation sites excluding steroid dienone is 3. The van der Waals surface area contributed by atoms with Crippen molar-refractivity contribution in [1.82, 2.24) is 15.2 Å². The first-order chi connectivity index (χ1) is 12.1. The number of benzene rings is 1. The number of aromatic amines is 1. The zero-order chi connectivity index (χ0) is 17.4. The van der Waals surface area contributed by atoms with Crippen LogP contribution in [0.4, 0.5) is 4.79 Å². The number of hydrogen-bond acceptors (Lipinski definition) is 2. The lowest BCUT2D eigenvalue weighted by molar-refractivity contribution is -0.127. The number of nitrogens with one attached hydrogen (secondary N) is 2. The number of amides is 3. The van der Waals surface area contributed by atoms with E-state index in [0.717, 1.165) is 22.9 Å². The molecule has 2 aliphatic rings. The zero-order valence-electron chi connectivity index (χ0n) is 13.5. The minimum Gasteiger partial charge on any atom is -0.361 e. The molecule has 6 heteroatoms. The summed E-state index contributed by atoms with van der Waals surface area (Å²) in [5, 5.41) is 4.59. The van der Waals surface area contributed by atoms with Crippen molar-refractivity contribution in [2.24, 2.45) is 5.92 Å². The van der Waals surface area contributed by atoms with E-state index in [1.807, 2.05) is 48.7 Å². The molecular weight excluding hydrogens is 338 g/mol. The summed E-state index contributed by atoms with van der Waals surface area (Å²) in [6, 6.07) is 7.11. The van der Waals surface area contributed by atoms with Crippen molar-refractivity contribution in [3.63, 3.8) is 0 Å². The number of para-hydroxylation sites is 1. The Balaban J connectivity index is 1.47. The van der Waals surface area contributed by atoms with E-state index in [1.165, 1.54) is 4.90 Å². The van der Waals surface area contributed by atoms with Gasteiger partial charge in [-0.25, -0.2) is 4.79 Å². The SMILES string of the molecule is O=C1NC(Cc2c[nH]c3ccccc23)C(=O)N1CC1C=CC(Cl)=CC1. The monoisotopic (exact) mass is 355 g/mol. The van der Waals surface area contributed by atoms with E-state index in [1.54, 1.807) is 0 Å². The molecule has 25 heavy (non-hydrogen) atoms. The molecule has 2 unspecified atom stereocenters. The molecule has 0 spiro atoms. The van der Waals surface area contributed by atoms with Gasteiger partial charge in [0.25, 0.3) is 5.91 Å². The molecular formula is C19H18ClN3O2. The highest BCUT2D eigenvalue weighted by atomic mass is 35.5. The van der Waals surface area contributed by atoms with Crippen LogP contribution in [-0.2, 0) is 11.2 Å². The number of halogens is 1. The van der Waals surface area contributed by atoms with Crippen LogP contribution in [-0.4, -0.2) is 34.4 Å². The van der Waals surface area contributed by atoms with Crippen LogP contribution >= 0.6 is 11.6 Å². The van der Waals surface area contributed by atoms with E-state index in [-0.39, 0.29) is 17.9 Å². The van der Waals surface area contributed by atoms with Gasteiger partial charge in [0, 0.05) is 35.1 Å². The lowest BCUT2D eigenvalue weighted by atomic mass is 10.00. The van der Waals surface area contributed by atoms with Crippen molar-refractivity contribution in [3.8, 4) is 0 Å². The molecule has 2 aromatic rings. The third-order valence-electron chi connectivity index (χ3n) is 4.77. The first-order valence-corrected chi connectivity index (χ1v) is 8.70. The molecule has 1 aliphatic heterocycles. The Bertz CT molecular complexity index is 899. The van der Waals surface area contributed by atoms with Gasteiger partial charge in [-0.3, -0.25) is 9.69 Å². The fraction of sp³-hybridized carbons (Fsp3) is 0.263. The van der Waals surface area contributed by atoms with E-state index in [2.05, 4.69) is 10.3 Å². The van der Waals surface area contributed by atoms with Crippen LogP contribution in [0, 0.1) is 5.92 Å². The van der Waals surface area contributed by atoms with Crippen LogP contribution in [0.15, 0.2) is 53.7 Å². The fourth-order valence-corrected chi connectivity index (χ4v) is 3.58. The van der Waals surface area contributed by atoms with Gasteiger partial charge in [-0.05, 0) is 30.0 Å². The molecule has 2 atom stereocenters. The number of fused-ring (bicyclic) bond motifs is 1. The fourth-order valence-electron chi connectivity index (χ4n) is 3.42. The Labute approximate surface area is 150 Å². The van der Waals surface area contributed by atoms with Crippen molar-refractivity contribution >= 4 is 34.4 Å². The molecule has 1 aliphatic carbocycles. The van der Waals surface area contributed by atoms with Crippen molar-refractivity contribution < 1.29 is 9.59 Å². The standard InChI is InChI=1S/C19H18ClN3O2/c20-14-7-5-12(6-8-14)11-23-18(24)17(22-19(23)25)9-13-10-21-16-4-2-1-3-15(13)16/h1-5,7-8,10,12,17,21H,6,9,11H2,(H,22,25). The number of imide groups is 1. The first-order valence-electron chi connectivity index (χ1n) is 8.32. The van der Waals surface area contributed by atoms with Gasteiger partial charge in [0.15, 0.2) is 0 Å². The predicted molar refractivity (Wildman–Crippen MR) is 97.2 cm³/mol. The highest BCUT2D eigenvalue weighted by Crippen LogP contribution is 2.24. The Hall–Kier alpha value is -2.53. The van der Waals surface area contributed by atoms with Crippen LogP contribution in [0.2, 0.25) is 0 Å². The summed E-state index contributed by atoms with van der Waals surface area (Å²) in [6.45, 7) is 0.381. The molecule has 5 nitrogen and oxygen atoms in total. The van der Waals surface area contributed by atoms with E-state index in [4.69, 9.17) is 11.6 Å². The number of nitrogens with zero attached hydrogens (tertiary/aromatic N) is 1. The van der Waals surface area contributed by atoms with Crippen LogP contribution in [0.5, 0.6) is 0 Å². The van der Waals surface area contributed by atoms with E-state index in [9.17, 15) is 9.59 Å². The quantitative estimate of drug-likeness (QED) is 0.826. The third kappa shape index (κ3) is 3.07. The minimum absolute atomic E-state index is 0.115. The second kappa shape index (κ2) is 6.41. The van der Waals surface area contributed by atoms with Gasteiger partial charge < -0.3 is 10.3 Å². The van der Waals surface area contributed by atoms with Gasteiger partial charge in [0.1, 0.15) is 6.04 Å². The number of rotatable bonds is 4. The Morgan fingerprint density at radius 2 is 2.08 bits per heavy atom. The van der Waals surface area contributed by atoms with Crippen LogP contribution in [0.3, 0.4) is 0 Å². The second-order valence-corrected chi connectivity index (χ2v) is 6.89. The van der Waals surface area contributed by atoms with Gasteiger partial charge >= 0.3 is 6.03 Å². The summed E-state index contributed by atoms with van der Waals surface area (Å²) in [4.78, 5) is 29.5. The molecule has 0 bridgehead atoms. The number of aromatic nitrogens is 1. The maximum Gasteiger partial charge on any atom is 0.324 e. The molecule has 1 aromatic carbocycles. The Morgan fingerprint density at radius 1 is 1.24 bits per heavy atom. The molecule has 1 aromatic heterocycles. The number of carbonyl (C=O) groups excluding carboxylic acids is 2. The lowest BCUT2D eigenvalue weighted by Gasteiger charge is -2.20. The average Bonchev–Trinajstić information content (AvgIpc) is 3.14. The lowest BCUT2D eigenvalue weighted by Crippen LogP contribution is -2.36. The number of carbonyl (C=O) groups is 2. The number of hydrogen-bond donors (Lipinski definition) is 2. The second-order valence-electron chi connectivity index (χ2n) is 6.46. The smallest absolute Gasteiger partial charge is 0.324 e. The van der Waals surface area contributed by atoms with Crippen LogP contribution < -0.4 is 5.32 Å². The van der Waals surface area contributed by atoms with Crippen molar-refractivity contribution in [2.45, 2.75) is 18.9 Å². The van der Waals surface area contributed by atoms with Gasteiger partial charge in [0.05, 0.1) is 0 Å². The largest absolute Gasteiger partial charge is 0.361 e. The molecule has 4 rings (SSSR count).